The van der Waals surface area contributed by atoms with Crippen LogP contribution in [0.25, 0.3) is 11.1 Å². The number of hydrogen-bond donors (Lipinski definition) is 0. The van der Waals surface area contributed by atoms with E-state index >= 15 is 0 Å². The molecule has 2 aromatic carbocycles. The fraction of sp³-hybridized carbons (Fsp3) is 0.320. The Kier molecular flexibility index (Phi) is 8.11. The van der Waals surface area contributed by atoms with Crippen molar-refractivity contribution in [3.05, 3.63) is 80.8 Å². The third-order valence-electron chi connectivity index (χ3n) is 5.97. The molecule has 0 atom stereocenters. The van der Waals surface area contributed by atoms with Crippen LogP contribution >= 0.6 is 0 Å². The van der Waals surface area contributed by atoms with Crippen LogP contribution in [0, 0.1) is 13.8 Å². The van der Waals surface area contributed by atoms with Crippen molar-refractivity contribution in [2.75, 3.05) is 0 Å². The summed E-state index contributed by atoms with van der Waals surface area (Å²) >= 11 is -1.61. The average molecular weight is 447 g/mol. The first-order chi connectivity index (χ1) is 12.6. The summed E-state index contributed by atoms with van der Waals surface area (Å²) in [6.07, 6.45) is 10.7. The molecule has 146 valence electrons. The predicted molar refractivity (Wildman–Crippen MR) is 111 cm³/mol. The van der Waals surface area contributed by atoms with E-state index < -0.39 is 17.4 Å². The molecule has 0 aromatic heterocycles. The molecular weight excluding hydrogens is 419 g/mol. The summed E-state index contributed by atoms with van der Waals surface area (Å²) in [5, 5.41) is 0. The molecule has 2 aliphatic carbocycles. The van der Waals surface area contributed by atoms with Crippen LogP contribution in [0.3, 0.4) is 0 Å². The van der Waals surface area contributed by atoms with Gasteiger partial charge in [0, 0.05) is 0 Å². The van der Waals surface area contributed by atoms with Gasteiger partial charge in [-0.3, -0.25) is 0 Å². The van der Waals surface area contributed by atoms with Crippen LogP contribution < -0.4 is 24.8 Å². The number of hydrogen-bond acceptors (Lipinski definition) is 0. The molecule has 2 aliphatic rings. The Morgan fingerprint density at radius 3 is 1.86 bits per heavy atom. The fourth-order valence-corrected chi connectivity index (χ4v) is 10.5. The molecule has 0 saturated heterocycles. The van der Waals surface area contributed by atoms with Crippen molar-refractivity contribution in [1.82, 2.24) is 0 Å². The first kappa shape index (κ1) is 23.4. The molecule has 0 N–H and O–H groups in total. The number of halogens is 2. The number of fused-ring (bicyclic) bond motifs is 3. The van der Waals surface area contributed by atoms with Gasteiger partial charge in [0.2, 0.25) is 0 Å². The molecule has 0 heterocycles. The molecule has 28 heavy (non-hydrogen) atoms. The van der Waals surface area contributed by atoms with E-state index in [9.17, 15) is 0 Å². The third-order valence-corrected chi connectivity index (χ3v) is 11.8. The Morgan fingerprint density at radius 1 is 0.893 bits per heavy atom. The van der Waals surface area contributed by atoms with E-state index in [1.165, 1.54) is 41.5 Å². The van der Waals surface area contributed by atoms with Gasteiger partial charge in [-0.2, -0.15) is 0 Å². The van der Waals surface area contributed by atoms with E-state index in [1.54, 1.807) is 15.0 Å². The first-order valence-corrected chi connectivity index (χ1v) is 12.4. The van der Waals surface area contributed by atoms with Gasteiger partial charge in [-0.05, 0) is 0 Å². The third kappa shape index (κ3) is 4.03. The first-order valence-electron chi connectivity index (χ1n) is 9.93. The van der Waals surface area contributed by atoms with Crippen molar-refractivity contribution in [3.8, 4) is 11.1 Å². The van der Waals surface area contributed by atoms with Crippen LogP contribution in [-0.2, 0) is 17.4 Å². The van der Waals surface area contributed by atoms with E-state index in [0.717, 1.165) is 0 Å². The number of aryl methyl sites for hydroxylation is 2. The quantitative estimate of drug-likeness (QED) is 0.610. The minimum atomic E-state index is -1.61. The maximum absolute atomic E-state index is 2.48. The second kappa shape index (κ2) is 9.72. The van der Waals surface area contributed by atoms with Crippen molar-refractivity contribution in [2.24, 2.45) is 0 Å². The zero-order chi connectivity index (χ0) is 18.3. The van der Waals surface area contributed by atoms with Crippen molar-refractivity contribution >= 4 is 3.81 Å². The van der Waals surface area contributed by atoms with E-state index in [0.29, 0.717) is 4.22 Å². The summed E-state index contributed by atoms with van der Waals surface area (Å²) in [4.78, 5) is 0. The summed E-state index contributed by atoms with van der Waals surface area (Å²) < 4.78 is 4.24. The Hall–Kier alpha value is -0.916. The molecule has 4 rings (SSSR count). The van der Waals surface area contributed by atoms with E-state index in [-0.39, 0.29) is 24.8 Å². The van der Waals surface area contributed by atoms with Gasteiger partial charge < -0.3 is 24.8 Å². The van der Waals surface area contributed by atoms with Crippen LogP contribution in [0.4, 0.5) is 0 Å². The molecule has 2 aromatic rings. The molecule has 0 aliphatic heterocycles. The summed E-state index contributed by atoms with van der Waals surface area (Å²) in [5.41, 5.74) is 8.96. The molecule has 0 radical (unpaired) electrons. The monoisotopic (exact) mass is 446 g/mol. The maximum atomic E-state index is 2.48. The van der Waals surface area contributed by atoms with Crippen LogP contribution in [0.5, 0.6) is 0 Å². The van der Waals surface area contributed by atoms with Crippen molar-refractivity contribution in [2.45, 2.75) is 51.2 Å². The van der Waals surface area contributed by atoms with E-state index in [4.69, 9.17) is 0 Å². The Bertz CT molecular complexity index is 909. The van der Waals surface area contributed by atoms with E-state index in [2.05, 4.69) is 82.3 Å². The van der Waals surface area contributed by atoms with E-state index in [1.807, 2.05) is 3.81 Å². The van der Waals surface area contributed by atoms with Crippen molar-refractivity contribution < 1.29 is 42.2 Å². The SMILES string of the molecule is CC[C](CC)=[Ti+2]([C]1=CC=CC1)[CH]1c2cc(C)ccc2-c2ccc(C)cc21.[Cl-].[Cl-]. The standard InChI is InChI=1S/C15H13.C5H5.C5H10.2ClH.Ti/c1-10-3-5-14-12(7-10)9-13-8-11(2)4-6-15(13)14;1-2-4-5-3-1;1-3-5-4-2;;;/h3-9H,1-2H3;1-3H,4H2;3-4H2,1-2H3;2*1H;/q;;;;;+2/p-2. The summed E-state index contributed by atoms with van der Waals surface area (Å²) in [6.45, 7) is 9.23. The van der Waals surface area contributed by atoms with Gasteiger partial charge in [-0.25, -0.2) is 0 Å². The molecule has 0 fully saturated rings. The zero-order valence-electron chi connectivity index (χ0n) is 17.2. The second-order valence-corrected chi connectivity index (χ2v) is 12.0. The zero-order valence-corrected chi connectivity index (χ0v) is 20.2. The maximum Gasteiger partial charge on any atom is -1.00 e. The van der Waals surface area contributed by atoms with Crippen molar-refractivity contribution in [3.63, 3.8) is 0 Å². The Labute approximate surface area is 188 Å². The Morgan fingerprint density at radius 2 is 1.43 bits per heavy atom. The number of allylic oxidation sites excluding steroid dienone is 4. The van der Waals surface area contributed by atoms with Gasteiger partial charge in [0.1, 0.15) is 0 Å². The van der Waals surface area contributed by atoms with Crippen LogP contribution in [0.1, 0.15) is 59.6 Å². The number of benzene rings is 2. The van der Waals surface area contributed by atoms with Gasteiger partial charge in [-0.1, -0.05) is 0 Å². The molecule has 0 nitrogen and oxygen atoms in total. The Balaban J connectivity index is 0.00000140. The molecule has 3 heteroatoms. The average Bonchev–Trinajstić information content (AvgIpc) is 3.26. The normalized spacial score (nSPS) is 13.6. The molecule has 0 saturated carbocycles. The van der Waals surface area contributed by atoms with Gasteiger partial charge in [0.25, 0.3) is 0 Å². The second-order valence-electron chi connectivity index (χ2n) is 7.66. The largest absolute Gasteiger partial charge is 1.00 e. The molecule has 0 spiro atoms. The van der Waals surface area contributed by atoms with Gasteiger partial charge in [-0.15, -0.1) is 0 Å². The van der Waals surface area contributed by atoms with Crippen molar-refractivity contribution in [1.29, 1.82) is 0 Å². The summed E-state index contributed by atoms with van der Waals surface area (Å²) in [5.74, 6) is 0. The molecule has 0 unspecified atom stereocenters. The van der Waals surface area contributed by atoms with Crippen LogP contribution in [-0.4, -0.2) is 3.81 Å². The fourth-order valence-electron chi connectivity index (χ4n) is 4.71. The molecular formula is C25H28Cl2Ti. The van der Waals surface area contributed by atoms with Crippen LogP contribution in [0.2, 0.25) is 0 Å². The predicted octanol–water partition coefficient (Wildman–Crippen LogP) is 0.836. The van der Waals surface area contributed by atoms with Gasteiger partial charge in [0.15, 0.2) is 0 Å². The van der Waals surface area contributed by atoms with Gasteiger partial charge >= 0.3 is 164 Å². The van der Waals surface area contributed by atoms with Crippen LogP contribution in [0.15, 0.2) is 58.5 Å². The number of rotatable bonds is 4. The smallest absolute Gasteiger partial charge is 1.00 e. The minimum Gasteiger partial charge on any atom is -1.00 e. The molecule has 0 bridgehead atoms. The van der Waals surface area contributed by atoms with Gasteiger partial charge in [0.05, 0.1) is 0 Å². The summed E-state index contributed by atoms with van der Waals surface area (Å²) in [6, 6.07) is 14.3. The summed E-state index contributed by atoms with van der Waals surface area (Å²) in [7, 11) is 0. The minimum absolute atomic E-state index is 0. The topological polar surface area (TPSA) is 0 Å². The molecule has 0 amide bonds.